The maximum atomic E-state index is 13.9. The van der Waals surface area contributed by atoms with E-state index in [1.54, 1.807) is 12.1 Å². The van der Waals surface area contributed by atoms with Crippen molar-refractivity contribution in [1.82, 2.24) is 0 Å². The van der Waals surface area contributed by atoms with E-state index in [-0.39, 0.29) is 11.9 Å². The lowest BCUT2D eigenvalue weighted by molar-refractivity contribution is -0.111. The molecule has 1 saturated heterocycles. The first-order valence-corrected chi connectivity index (χ1v) is 6.66. The van der Waals surface area contributed by atoms with Crippen LogP contribution >= 0.6 is 0 Å². The Morgan fingerprint density at radius 1 is 1.50 bits per heavy atom. The fourth-order valence-electron chi connectivity index (χ4n) is 2.68. The number of aliphatic hydroxyl groups is 1. The smallest absolute Gasteiger partial charge is 0.129 e. The Balaban J connectivity index is 2.26. The van der Waals surface area contributed by atoms with E-state index in [1.807, 2.05) is 6.92 Å². The first kappa shape index (κ1) is 13.5. The number of halogens is 1. The van der Waals surface area contributed by atoms with Crippen molar-refractivity contribution in [3.05, 3.63) is 35.1 Å². The highest BCUT2D eigenvalue weighted by molar-refractivity contribution is 5.29. The lowest BCUT2D eigenvalue weighted by Crippen LogP contribution is -2.39. The molecule has 1 aromatic carbocycles. The van der Waals surface area contributed by atoms with Crippen molar-refractivity contribution in [2.75, 3.05) is 6.61 Å². The summed E-state index contributed by atoms with van der Waals surface area (Å²) in [6, 6.07) is 4.92. The van der Waals surface area contributed by atoms with Crippen LogP contribution in [0.4, 0.5) is 4.39 Å². The van der Waals surface area contributed by atoms with Gasteiger partial charge in [-0.2, -0.15) is 0 Å². The minimum Gasteiger partial charge on any atom is -0.385 e. The molecule has 1 fully saturated rings. The van der Waals surface area contributed by atoms with Crippen LogP contribution in [-0.4, -0.2) is 17.8 Å². The molecule has 1 aliphatic rings. The van der Waals surface area contributed by atoms with Crippen molar-refractivity contribution in [3.63, 3.8) is 0 Å². The maximum Gasteiger partial charge on any atom is 0.129 e. The molecular formula is C15H21FO2. The van der Waals surface area contributed by atoms with E-state index in [1.165, 1.54) is 6.07 Å². The van der Waals surface area contributed by atoms with Crippen molar-refractivity contribution < 1.29 is 14.2 Å². The normalized spacial score (nSPS) is 28.3. The summed E-state index contributed by atoms with van der Waals surface area (Å²) in [5.41, 5.74) is 0.319. The van der Waals surface area contributed by atoms with Gasteiger partial charge in [-0.1, -0.05) is 31.0 Å². The summed E-state index contributed by atoms with van der Waals surface area (Å²) in [7, 11) is 0. The van der Waals surface area contributed by atoms with Crippen molar-refractivity contribution in [3.8, 4) is 0 Å². The van der Waals surface area contributed by atoms with Crippen molar-refractivity contribution in [2.45, 2.75) is 51.2 Å². The zero-order chi connectivity index (χ0) is 13.2. The third-order valence-electron chi connectivity index (χ3n) is 3.67. The summed E-state index contributed by atoms with van der Waals surface area (Å²) in [6.45, 7) is 4.49. The number of benzene rings is 1. The maximum absolute atomic E-state index is 13.9. The predicted octanol–water partition coefficient (Wildman–Crippen LogP) is 3.30. The van der Waals surface area contributed by atoms with E-state index in [4.69, 9.17) is 4.74 Å². The number of aryl methyl sites for hydroxylation is 1. The van der Waals surface area contributed by atoms with Crippen LogP contribution in [0.5, 0.6) is 0 Å². The zero-order valence-electron chi connectivity index (χ0n) is 11.1. The van der Waals surface area contributed by atoms with E-state index >= 15 is 0 Å². The van der Waals surface area contributed by atoms with Crippen molar-refractivity contribution in [2.24, 2.45) is 0 Å². The molecule has 2 unspecified atom stereocenters. The summed E-state index contributed by atoms with van der Waals surface area (Å²) >= 11 is 0. The monoisotopic (exact) mass is 252 g/mol. The minimum atomic E-state index is -1.08. The fraction of sp³-hybridized carbons (Fsp3) is 0.600. The highest BCUT2D eigenvalue weighted by atomic mass is 19.1. The molecule has 0 radical (unpaired) electrons. The second-order valence-corrected chi connectivity index (χ2v) is 5.25. The molecular weight excluding hydrogens is 231 g/mol. The Morgan fingerprint density at radius 3 is 3.00 bits per heavy atom. The Hall–Kier alpha value is -0.930. The predicted molar refractivity (Wildman–Crippen MR) is 68.9 cm³/mol. The van der Waals surface area contributed by atoms with E-state index in [0.717, 1.165) is 18.4 Å². The molecule has 2 rings (SSSR count). The van der Waals surface area contributed by atoms with Gasteiger partial charge in [-0.05, 0) is 19.4 Å². The Kier molecular flexibility index (Phi) is 4.03. The molecule has 3 heteroatoms. The van der Waals surface area contributed by atoms with Gasteiger partial charge in [0.2, 0.25) is 0 Å². The minimum absolute atomic E-state index is 0.0358. The summed E-state index contributed by atoms with van der Waals surface area (Å²) < 4.78 is 19.5. The van der Waals surface area contributed by atoms with Crippen LogP contribution in [0, 0.1) is 12.7 Å². The van der Waals surface area contributed by atoms with Gasteiger partial charge in [0.15, 0.2) is 0 Å². The molecule has 18 heavy (non-hydrogen) atoms. The fourth-order valence-corrected chi connectivity index (χ4v) is 2.68. The van der Waals surface area contributed by atoms with Crippen LogP contribution < -0.4 is 0 Å². The number of rotatable bonds is 3. The Bertz CT molecular complexity index is 417. The molecule has 0 bridgehead atoms. The Labute approximate surface area is 108 Å². The molecule has 1 N–H and O–H groups in total. The highest BCUT2D eigenvalue weighted by Gasteiger charge is 2.38. The summed E-state index contributed by atoms with van der Waals surface area (Å²) in [6.07, 6.45) is 2.91. The van der Waals surface area contributed by atoms with Gasteiger partial charge >= 0.3 is 0 Å². The van der Waals surface area contributed by atoms with Crippen LogP contribution in [0.15, 0.2) is 18.2 Å². The molecule has 100 valence electrons. The van der Waals surface area contributed by atoms with Gasteiger partial charge in [0.25, 0.3) is 0 Å². The van der Waals surface area contributed by atoms with Crippen LogP contribution in [0.3, 0.4) is 0 Å². The molecule has 1 aromatic rings. The van der Waals surface area contributed by atoms with Crippen molar-refractivity contribution >= 4 is 0 Å². The number of hydrogen-bond acceptors (Lipinski definition) is 2. The largest absolute Gasteiger partial charge is 0.385 e. The molecule has 0 saturated carbocycles. The van der Waals surface area contributed by atoms with Crippen molar-refractivity contribution in [1.29, 1.82) is 0 Å². The average Bonchev–Trinajstić information content (AvgIpc) is 2.33. The van der Waals surface area contributed by atoms with Gasteiger partial charge in [-0.15, -0.1) is 0 Å². The van der Waals surface area contributed by atoms with Gasteiger partial charge in [0.05, 0.1) is 18.3 Å². The van der Waals surface area contributed by atoms with Gasteiger partial charge in [-0.25, -0.2) is 4.39 Å². The summed E-state index contributed by atoms with van der Waals surface area (Å²) in [5.74, 6) is -0.319. The molecule has 2 nitrogen and oxygen atoms in total. The quantitative estimate of drug-likeness (QED) is 0.894. The van der Waals surface area contributed by atoms with Crippen LogP contribution in [-0.2, 0) is 10.3 Å². The van der Waals surface area contributed by atoms with Crippen LogP contribution in [0.1, 0.15) is 43.7 Å². The third-order valence-corrected chi connectivity index (χ3v) is 3.67. The second-order valence-electron chi connectivity index (χ2n) is 5.25. The van der Waals surface area contributed by atoms with Gasteiger partial charge < -0.3 is 9.84 Å². The molecule has 0 amide bonds. The van der Waals surface area contributed by atoms with Crippen LogP contribution in [0.2, 0.25) is 0 Å². The second kappa shape index (κ2) is 5.37. The highest BCUT2D eigenvalue weighted by Crippen LogP contribution is 2.37. The summed E-state index contributed by atoms with van der Waals surface area (Å²) in [4.78, 5) is 0. The van der Waals surface area contributed by atoms with Gasteiger partial charge in [0, 0.05) is 18.4 Å². The number of hydrogen-bond donors (Lipinski definition) is 1. The molecule has 0 spiro atoms. The molecule has 0 aromatic heterocycles. The molecule has 1 aliphatic heterocycles. The number of ether oxygens (including phenoxy) is 1. The Morgan fingerprint density at radius 2 is 2.28 bits per heavy atom. The lowest BCUT2D eigenvalue weighted by Gasteiger charge is -2.37. The first-order chi connectivity index (χ1) is 8.55. The van der Waals surface area contributed by atoms with E-state index in [9.17, 15) is 9.50 Å². The average molecular weight is 252 g/mol. The SMILES string of the molecule is CCCC1CC(O)(c2cc(C)ccc2F)CCO1. The molecule has 2 atom stereocenters. The van der Waals surface area contributed by atoms with Gasteiger partial charge in [-0.3, -0.25) is 0 Å². The summed E-state index contributed by atoms with van der Waals surface area (Å²) in [5, 5.41) is 10.7. The van der Waals surface area contributed by atoms with E-state index in [0.29, 0.717) is 25.0 Å². The topological polar surface area (TPSA) is 29.5 Å². The van der Waals surface area contributed by atoms with E-state index < -0.39 is 5.60 Å². The van der Waals surface area contributed by atoms with E-state index in [2.05, 4.69) is 6.92 Å². The first-order valence-electron chi connectivity index (χ1n) is 6.66. The third kappa shape index (κ3) is 2.73. The lowest BCUT2D eigenvalue weighted by atomic mass is 9.82. The van der Waals surface area contributed by atoms with Gasteiger partial charge in [0.1, 0.15) is 5.82 Å². The molecule has 1 heterocycles. The molecule has 0 aliphatic carbocycles. The zero-order valence-corrected chi connectivity index (χ0v) is 11.1. The standard InChI is InChI=1S/C15H21FO2/c1-3-4-12-10-15(17,7-8-18-12)13-9-11(2)5-6-14(13)16/h5-6,9,12,17H,3-4,7-8,10H2,1-2H3. The van der Waals surface area contributed by atoms with Crippen LogP contribution in [0.25, 0.3) is 0 Å².